The van der Waals surface area contributed by atoms with E-state index in [0.717, 1.165) is 27.7 Å². The molecular weight excluding hydrogens is 416 g/mol. The molecule has 7 nitrogen and oxygen atoms in total. The molecule has 0 bridgehead atoms. The number of benzene rings is 3. The summed E-state index contributed by atoms with van der Waals surface area (Å²) in [6.07, 6.45) is 3.89. The van der Waals surface area contributed by atoms with E-state index in [1.807, 2.05) is 73.8 Å². The lowest BCUT2D eigenvalue weighted by Gasteiger charge is -2.10. The monoisotopic (exact) mass is 436 g/mol. The minimum absolute atomic E-state index is 0.0685. The highest BCUT2D eigenvalue weighted by atomic mass is 16.6. The fourth-order valence-electron chi connectivity index (χ4n) is 4.02. The van der Waals surface area contributed by atoms with Gasteiger partial charge < -0.3 is 4.57 Å². The van der Waals surface area contributed by atoms with E-state index in [2.05, 4.69) is 9.67 Å². The Kier molecular flexibility index (Phi) is 5.06. The third-order valence-electron chi connectivity index (χ3n) is 5.68. The lowest BCUT2D eigenvalue weighted by atomic mass is 10.1. The van der Waals surface area contributed by atoms with Crippen LogP contribution in [-0.2, 0) is 11.3 Å². The van der Waals surface area contributed by atoms with Crippen LogP contribution in [0.1, 0.15) is 18.1 Å². The summed E-state index contributed by atoms with van der Waals surface area (Å²) in [5.74, 6) is -0.161. The van der Waals surface area contributed by atoms with Gasteiger partial charge in [-0.3, -0.25) is 14.9 Å². The largest absolute Gasteiger partial charge is 0.342 e. The third kappa shape index (κ3) is 3.80. The van der Waals surface area contributed by atoms with Crippen LogP contribution in [0.3, 0.4) is 0 Å². The molecule has 5 rings (SSSR count). The second-order valence-electron chi connectivity index (χ2n) is 7.85. The number of anilines is 1. The highest BCUT2D eigenvalue weighted by molar-refractivity contribution is 6.32. The zero-order valence-electron chi connectivity index (χ0n) is 17.9. The number of carbonyl (C=O) groups is 1. The Morgan fingerprint density at radius 3 is 2.39 bits per heavy atom. The van der Waals surface area contributed by atoms with E-state index in [4.69, 9.17) is 0 Å². The fraction of sp³-hybridized carbons (Fsp3) is 0.0769. The van der Waals surface area contributed by atoms with Gasteiger partial charge in [0.2, 0.25) is 0 Å². The molecule has 1 aromatic heterocycles. The summed E-state index contributed by atoms with van der Waals surface area (Å²) < 4.78 is 2.09. The molecule has 0 aliphatic carbocycles. The Morgan fingerprint density at radius 1 is 0.970 bits per heavy atom. The molecule has 2 heterocycles. The van der Waals surface area contributed by atoms with Crippen molar-refractivity contribution in [2.24, 2.45) is 5.10 Å². The lowest BCUT2D eigenvalue weighted by molar-refractivity contribution is -0.384. The number of aromatic nitrogens is 1. The van der Waals surface area contributed by atoms with Crippen LogP contribution in [0.25, 0.3) is 17.0 Å². The van der Waals surface area contributed by atoms with E-state index >= 15 is 0 Å². The molecule has 0 saturated heterocycles. The van der Waals surface area contributed by atoms with Crippen LogP contribution >= 0.6 is 0 Å². The number of fused-ring (bicyclic) bond motifs is 1. The molecule has 3 aromatic carbocycles. The summed E-state index contributed by atoms with van der Waals surface area (Å²) in [6, 6.07) is 23.9. The predicted octanol–water partition coefficient (Wildman–Crippen LogP) is 5.40. The molecule has 0 radical (unpaired) electrons. The van der Waals surface area contributed by atoms with Crippen molar-refractivity contribution in [3.05, 3.63) is 112 Å². The van der Waals surface area contributed by atoms with Crippen LogP contribution in [-0.4, -0.2) is 21.1 Å². The molecule has 1 aliphatic rings. The topological polar surface area (TPSA) is 80.7 Å². The maximum atomic E-state index is 13.1. The number of carbonyl (C=O) groups excluding carboxylic acids is 1. The molecule has 0 saturated carbocycles. The number of nitrogens with zero attached hydrogens (tertiary/aromatic N) is 4. The average molecular weight is 436 g/mol. The number of para-hydroxylation sites is 2. The number of nitro groups is 1. The van der Waals surface area contributed by atoms with Gasteiger partial charge >= 0.3 is 0 Å². The fourth-order valence-corrected chi connectivity index (χ4v) is 4.02. The van der Waals surface area contributed by atoms with E-state index in [0.29, 0.717) is 17.8 Å². The van der Waals surface area contributed by atoms with Gasteiger partial charge in [-0.15, -0.1) is 0 Å². The second-order valence-corrected chi connectivity index (χ2v) is 7.85. The maximum Gasteiger partial charge on any atom is 0.280 e. The standard InChI is InChI=1S/C26H20N4O3/c1-18-24(26(31)29(27-18)21-7-3-2-4-8-21)15-20-17-28(25-10-6-5-9-23(20)25)16-19-11-13-22(14-12-19)30(32)33/h2-15,17H,16H2,1H3/b24-15-. The molecule has 0 fully saturated rings. The van der Waals surface area contributed by atoms with Crippen molar-refractivity contribution in [3.8, 4) is 0 Å². The van der Waals surface area contributed by atoms with Crippen LogP contribution in [0.4, 0.5) is 11.4 Å². The molecule has 162 valence electrons. The highest BCUT2D eigenvalue weighted by Crippen LogP contribution is 2.29. The first kappa shape index (κ1) is 20.4. The van der Waals surface area contributed by atoms with E-state index in [-0.39, 0.29) is 11.6 Å². The highest BCUT2D eigenvalue weighted by Gasteiger charge is 2.28. The quantitative estimate of drug-likeness (QED) is 0.238. The van der Waals surface area contributed by atoms with Gasteiger partial charge in [0.05, 0.1) is 21.9 Å². The van der Waals surface area contributed by atoms with Crippen molar-refractivity contribution in [2.75, 3.05) is 5.01 Å². The van der Waals surface area contributed by atoms with Crippen LogP contribution in [0, 0.1) is 10.1 Å². The lowest BCUT2D eigenvalue weighted by Crippen LogP contribution is -2.21. The Morgan fingerprint density at radius 2 is 1.67 bits per heavy atom. The van der Waals surface area contributed by atoms with Crippen LogP contribution in [0.5, 0.6) is 0 Å². The van der Waals surface area contributed by atoms with Gasteiger partial charge in [-0.05, 0) is 36.8 Å². The SMILES string of the molecule is CC1=NN(c2ccccc2)C(=O)/C1=C\c1cn(Cc2ccc([N+](=O)[O-])cc2)c2ccccc12. The number of non-ortho nitro benzene ring substituents is 1. The van der Waals surface area contributed by atoms with E-state index in [9.17, 15) is 14.9 Å². The van der Waals surface area contributed by atoms with Crippen LogP contribution in [0.2, 0.25) is 0 Å². The first-order valence-electron chi connectivity index (χ1n) is 10.5. The Labute approximate surface area is 190 Å². The van der Waals surface area contributed by atoms with Crippen LogP contribution in [0.15, 0.2) is 95.7 Å². The molecule has 1 aliphatic heterocycles. The summed E-state index contributed by atoms with van der Waals surface area (Å²) in [4.78, 5) is 23.7. The molecule has 33 heavy (non-hydrogen) atoms. The molecule has 1 amide bonds. The number of amides is 1. The zero-order chi connectivity index (χ0) is 22.9. The molecule has 0 N–H and O–H groups in total. The van der Waals surface area contributed by atoms with E-state index < -0.39 is 4.92 Å². The van der Waals surface area contributed by atoms with Crippen molar-refractivity contribution in [1.82, 2.24) is 4.57 Å². The summed E-state index contributed by atoms with van der Waals surface area (Å²) in [7, 11) is 0. The number of nitro benzene ring substituents is 1. The Bertz CT molecular complexity index is 1430. The Hall–Kier alpha value is -4.52. The molecule has 0 unspecified atom stereocenters. The number of hydrogen-bond acceptors (Lipinski definition) is 4. The van der Waals surface area contributed by atoms with Gasteiger partial charge in [0, 0.05) is 41.3 Å². The average Bonchev–Trinajstić information content (AvgIpc) is 3.32. The van der Waals surface area contributed by atoms with Gasteiger partial charge in [-0.25, -0.2) is 0 Å². The maximum absolute atomic E-state index is 13.1. The van der Waals surface area contributed by atoms with Crippen molar-refractivity contribution in [1.29, 1.82) is 0 Å². The molecule has 4 aromatic rings. The van der Waals surface area contributed by atoms with Crippen molar-refractivity contribution in [3.63, 3.8) is 0 Å². The van der Waals surface area contributed by atoms with Gasteiger partial charge in [-0.2, -0.15) is 10.1 Å². The minimum atomic E-state index is -0.402. The molecular formula is C26H20N4O3. The predicted molar refractivity (Wildman–Crippen MR) is 129 cm³/mol. The molecule has 7 heteroatoms. The van der Waals surface area contributed by atoms with Crippen molar-refractivity contribution < 1.29 is 9.72 Å². The van der Waals surface area contributed by atoms with Gasteiger partial charge in [0.15, 0.2) is 0 Å². The molecule has 0 spiro atoms. The van der Waals surface area contributed by atoms with Gasteiger partial charge in [0.1, 0.15) is 0 Å². The number of hydrazone groups is 1. The van der Waals surface area contributed by atoms with Gasteiger partial charge in [-0.1, -0.05) is 48.5 Å². The number of rotatable bonds is 5. The van der Waals surface area contributed by atoms with E-state index in [1.54, 1.807) is 12.1 Å². The first-order valence-corrected chi connectivity index (χ1v) is 10.5. The molecule has 0 atom stereocenters. The summed E-state index contributed by atoms with van der Waals surface area (Å²) in [6.45, 7) is 2.39. The summed E-state index contributed by atoms with van der Waals surface area (Å²) >= 11 is 0. The Balaban J connectivity index is 1.51. The van der Waals surface area contributed by atoms with Crippen molar-refractivity contribution in [2.45, 2.75) is 13.5 Å². The van der Waals surface area contributed by atoms with Crippen molar-refractivity contribution >= 4 is 40.0 Å². The summed E-state index contributed by atoms with van der Waals surface area (Å²) in [5, 5.41) is 17.8. The normalized spacial score (nSPS) is 14.8. The van der Waals surface area contributed by atoms with E-state index in [1.165, 1.54) is 17.1 Å². The van der Waals surface area contributed by atoms with Gasteiger partial charge in [0.25, 0.3) is 11.6 Å². The minimum Gasteiger partial charge on any atom is -0.342 e. The van der Waals surface area contributed by atoms with Crippen LogP contribution < -0.4 is 5.01 Å². The smallest absolute Gasteiger partial charge is 0.280 e. The first-order chi connectivity index (χ1) is 16.0. The number of hydrogen-bond donors (Lipinski definition) is 0. The summed E-state index contributed by atoms with van der Waals surface area (Å²) in [5.41, 5.74) is 4.89. The zero-order valence-corrected chi connectivity index (χ0v) is 17.9. The third-order valence-corrected chi connectivity index (χ3v) is 5.68. The second kappa shape index (κ2) is 8.20.